The highest BCUT2D eigenvalue weighted by Crippen LogP contribution is 2.27. The van der Waals surface area contributed by atoms with Crippen molar-refractivity contribution in [1.82, 2.24) is 0 Å². The fourth-order valence-electron chi connectivity index (χ4n) is 0.793. The van der Waals surface area contributed by atoms with E-state index in [1.165, 1.54) is 6.07 Å². The number of phenolic OH excluding ortho intramolecular Hbond substituents is 2. The van der Waals surface area contributed by atoms with Crippen molar-refractivity contribution in [2.45, 2.75) is 4.90 Å². The number of benzene rings is 1. The van der Waals surface area contributed by atoms with Crippen LogP contribution in [0.3, 0.4) is 0 Å². The van der Waals surface area contributed by atoms with Gasteiger partial charge in [0.1, 0.15) is 16.4 Å². The van der Waals surface area contributed by atoms with Gasteiger partial charge in [0.2, 0.25) is 0 Å². The van der Waals surface area contributed by atoms with Gasteiger partial charge >= 0.3 is 10.1 Å². The van der Waals surface area contributed by atoms with Crippen molar-refractivity contribution < 1.29 is 22.8 Å². The van der Waals surface area contributed by atoms with Gasteiger partial charge in [-0.05, 0) is 12.1 Å². The van der Waals surface area contributed by atoms with E-state index >= 15 is 0 Å². The molecule has 2 N–H and O–H groups in total. The van der Waals surface area contributed by atoms with Gasteiger partial charge in [-0.2, -0.15) is 8.42 Å². The van der Waals surface area contributed by atoms with Gasteiger partial charge in [-0.1, -0.05) is 0 Å². The van der Waals surface area contributed by atoms with Crippen molar-refractivity contribution in [2.75, 3.05) is 7.11 Å². The summed E-state index contributed by atoms with van der Waals surface area (Å²) in [5.74, 6) is -0.715. The van der Waals surface area contributed by atoms with Crippen LogP contribution in [0.15, 0.2) is 23.1 Å². The van der Waals surface area contributed by atoms with E-state index in [-0.39, 0.29) is 5.75 Å². The van der Waals surface area contributed by atoms with Crippen LogP contribution in [0.5, 0.6) is 11.5 Å². The highest BCUT2D eigenvalue weighted by atomic mass is 32.2. The molecule has 0 aliphatic rings. The molecule has 0 spiro atoms. The average Bonchev–Trinajstić information content (AvgIpc) is 2.09. The monoisotopic (exact) mass is 204 g/mol. The summed E-state index contributed by atoms with van der Waals surface area (Å²) in [4.78, 5) is -0.449. The second-order valence-electron chi connectivity index (χ2n) is 2.27. The van der Waals surface area contributed by atoms with Crippen molar-refractivity contribution in [1.29, 1.82) is 0 Å². The van der Waals surface area contributed by atoms with Gasteiger partial charge in [-0.25, -0.2) is 0 Å². The van der Waals surface area contributed by atoms with Crippen LogP contribution < -0.4 is 0 Å². The van der Waals surface area contributed by atoms with Gasteiger partial charge in [0.15, 0.2) is 0 Å². The maximum absolute atomic E-state index is 11.1. The van der Waals surface area contributed by atoms with E-state index in [9.17, 15) is 8.42 Å². The number of rotatable bonds is 2. The van der Waals surface area contributed by atoms with Gasteiger partial charge in [0.25, 0.3) is 0 Å². The fourth-order valence-corrected chi connectivity index (χ4v) is 1.56. The number of aromatic hydroxyl groups is 2. The molecule has 13 heavy (non-hydrogen) atoms. The quantitative estimate of drug-likeness (QED) is 0.539. The van der Waals surface area contributed by atoms with Crippen LogP contribution in [0, 0.1) is 0 Å². The summed E-state index contributed by atoms with van der Waals surface area (Å²) in [6.45, 7) is 0. The molecule has 0 amide bonds. The predicted octanol–water partition coefficient (Wildman–Crippen LogP) is 0.433. The summed E-state index contributed by atoms with van der Waals surface area (Å²) in [6.07, 6.45) is 0. The fraction of sp³-hybridized carbons (Fsp3) is 0.143. The molecule has 0 saturated carbocycles. The largest absolute Gasteiger partial charge is 0.508 e. The van der Waals surface area contributed by atoms with E-state index in [4.69, 9.17) is 10.2 Å². The second kappa shape index (κ2) is 3.23. The Kier molecular flexibility index (Phi) is 2.44. The predicted molar refractivity (Wildman–Crippen MR) is 44.0 cm³/mol. The summed E-state index contributed by atoms with van der Waals surface area (Å²) >= 11 is 0. The first-order valence-electron chi connectivity index (χ1n) is 3.30. The average molecular weight is 204 g/mol. The van der Waals surface area contributed by atoms with E-state index in [1.54, 1.807) is 0 Å². The summed E-state index contributed by atoms with van der Waals surface area (Å²) in [7, 11) is -2.99. The second-order valence-corrected chi connectivity index (χ2v) is 3.95. The highest BCUT2D eigenvalue weighted by molar-refractivity contribution is 7.86. The van der Waals surface area contributed by atoms with Crippen LogP contribution in [0.1, 0.15) is 0 Å². The van der Waals surface area contributed by atoms with Gasteiger partial charge in [-0.3, -0.25) is 4.18 Å². The van der Waals surface area contributed by atoms with E-state index in [1.807, 2.05) is 0 Å². The first-order valence-corrected chi connectivity index (χ1v) is 4.71. The van der Waals surface area contributed by atoms with E-state index < -0.39 is 20.8 Å². The first kappa shape index (κ1) is 9.82. The van der Waals surface area contributed by atoms with Crippen molar-refractivity contribution in [3.8, 4) is 11.5 Å². The lowest BCUT2D eigenvalue weighted by molar-refractivity contribution is 0.387. The molecule has 0 atom stereocenters. The molecule has 0 radical (unpaired) electrons. The maximum Gasteiger partial charge on any atom is 0.300 e. The van der Waals surface area contributed by atoms with Crippen LogP contribution in [-0.4, -0.2) is 25.7 Å². The third-order valence-electron chi connectivity index (χ3n) is 1.43. The Labute approximate surface area is 75.3 Å². The minimum atomic E-state index is -3.96. The lowest BCUT2D eigenvalue weighted by Gasteiger charge is -2.03. The Bertz CT molecular complexity index is 409. The van der Waals surface area contributed by atoms with Gasteiger partial charge in [0.05, 0.1) is 7.11 Å². The first-order chi connectivity index (χ1) is 5.97. The zero-order chi connectivity index (χ0) is 10.1. The van der Waals surface area contributed by atoms with E-state index in [2.05, 4.69) is 4.18 Å². The van der Waals surface area contributed by atoms with E-state index in [0.717, 1.165) is 19.2 Å². The lowest BCUT2D eigenvalue weighted by atomic mass is 10.3. The summed E-state index contributed by atoms with van der Waals surface area (Å²) in [6, 6.07) is 3.15. The molecule has 0 aromatic heterocycles. The van der Waals surface area contributed by atoms with Gasteiger partial charge in [-0.15, -0.1) is 0 Å². The minimum absolute atomic E-state index is 0.256. The van der Waals surface area contributed by atoms with Gasteiger partial charge in [0, 0.05) is 6.07 Å². The standard InChI is InChI=1S/C7H8O5S/c1-12-13(10,11)7-4-5(8)2-3-6(7)9/h2-4,8-9H,1H3. The summed E-state index contributed by atoms with van der Waals surface area (Å²) in [5.41, 5.74) is 0. The van der Waals surface area contributed by atoms with Crippen LogP contribution >= 0.6 is 0 Å². The zero-order valence-electron chi connectivity index (χ0n) is 6.76. The van der Waals surface area contributed by atoms with Gasteiger partial charge < -0.3 is 10.2 Å². The highest BCUT2D eigenvalue weighted by Gasteiger charge is 2.18. The molecule has 6 heteroatoms. The van der Waals surface area contributed by atoms with Crippen LogP contribution in [-0.2, 0) is 14.3 Å². The molecular formula is C7H8O5S. The molecule has 0 aliphatic carbocycles. The number of phenols is 2. The number of hydrogen-bond acceptors (Lipinski definition) is 5. The molecule has 72 valence electrons. The van der Waals surface area contributed by atoms with Crippen molar-refractivity contribution >= 4 is 10.1 Å². The van der Waals surface area contributed by atoms with Crippen molar-refractivity contribution in [3.63, 3.8) is 0 Å². The smallest absolute Gasteiger partial charge is 0.300 e. The lowest BCUT2D eigenvalue weighted by Crippen LogP contribution is -2.02. The molecule has 1 aromatic carbocycles. The molecule has 0 heterocycles. The Morgan fingerprint density at radius 1 is 1.31 bits per heavy atom. The van der Waals surface area contributed by atoms with Crippen LogP contribution in [0.25, 0.3) is 0 Å². The molecule has 5 nitrogen and oxygen atoms in total. The molecule has 1 aromatic rings. The van der Waals surface area contributed by atoms with Crippen LogP contribution in [0.4, 0.5) is 0 Å². The third-order valence-corrected chi connectivity index (χ3v) is 2.74. The number of hydrogen-bond donors (Lipinski definition) is 2. The van der Waals surface area contributed by atoms with Crippen LogP contribution in [0.2, 0.25) is 0 Å². The van der Waals surface area contributed by atoms with Crippen molar-refractivity contribution in [3.05, 3.63) is 18.2 Å². The molecule has 0 unspecified atom stereocenters. The van der Waals surface area contributed by atoms with Crippen molar-refractivity contribution in [2.24, 2.45) is 0 Å². The molecule has 0 bridgehead atoms. The Balaban J connectivity index is 3.38. The molecule has 0 aliphatic heterocycles. The zero-order valence-corrected chi connectivity index (χ0v) is 7.58. The maximum atomic E-state index is 11.1. The summed E-state index contributed by atoms with van der Waals surface area (Å²) in [5, 5.41) is 18.1. The Morgan fingerprint density at radius 3 is 2.46 bits per heavy atom. The SMILES string of the molecule is COS(=O)(=O)c1cc(O)ccc1O. The Morgan fingerprint density at radius 2 is 1.92 bits per heavy atom. The molecule has 1 rings (SSSR count). The third kappa shape index (κ3) is 1.90. The molecule has 0 fully saturated rings. The minimum Gasteiger partial charge on any atom is -0.508 e. The van der Waals surface area contributed by atoms with E-state index in [0.29, 0.717) is 0 Å². The topological polar surface area (TPSA) is 83.8 Å². The normalized spacial score (nSPS) is 11.5. The Hall–Kier alpha value is -1.27. The molecule has 0 saturated heterocycles. The summed E-state index contributed by atoms with van der Waals surface area (Å²) < 4.78 is 26.3. The molecular weight excluding hydrogens is 196 g/mol.